The smallest absolute Gasteiger partial charge is 0.327 e. The Kier molecular flexibility index (Phi) is 3.89. The molecule has 0 bridgehead atoms. The number of halogens is 1. The fourth-order valence-electron chi connectivity index (χ4n) is 2.36. The average Bonchev–Trinajstić information content (AvgIpc) is 3.16. The van der Waals surface area contributed by atoms with Crippen LogP contribution in [-0.4, -0.2) is 33.7 Å². The number of carbonyl (C=O) groups excluding carboxylic acids is 1. The number of furan rings is 1. The minimum Gasteiger partial charge on any atom is -0.480 e. The fraction of sp³-hybridized carbons (Fsp3) is 0.200. The average molecular weight is 321 g/mol. The van der Waals surface area contributed by atoms with Crippen molar-refractivity contribution in [3.8, 4) is 0 Å². The van der Waals surface area contributed by atoms with Gasteiger partial charge in [0.25, 0.3) is 5.91 Å². The summed E-state index contributed by atoms with van der Waals surface area (Å²) in [5.41, 5.74) is 0.979. The van der Waals surface area contributed by atoms with E-state index < -0.39 is 29.1 Å². The molecule has 114 valence electrons. The van der Waals surface area contributed by atoms with Gasteiger partial charge in [0, 0.05) is 16.9 Å². The Labute approximate surface area is 129 Å². The van der Waals surface area contributed by atoms with Crippen molar-refractivity contribution in [1.82, 2.24) is 4.90 Å². The quantitative estimate of drug-likeness (QED) is 0.941. The van der Waals surface area contributed by atoms with Gasteiger partial charge >= 0.3 is 5.97 Å². The maximum absolute atomic E-state index is 13.0. The molecular formula is C15H12FNO4S. The highest BCUT2D eigenvalue weighted by molar-refractivity contribution is 7.99. The van der Waals surface area contributed by atoms with Gasteiger partial charge in [-0.05, 0) is 30.3 Å². The van der Waals surface area contributed by atoms with Crippen molar-refractivity contribution in [3.05, 3.63) is 59.8 Å². The number of rotatable bonds is 3. The summed E-state index contributed by atoms with van der Waals surface area (Å²) in [5, 5.41) is 8.92. The molecule has 2 atom stereocenters. The molecule has 0 radical (unpaired) electrons. The molecule has 1 saturated heterocycles. The van der Waals surface area contributed by atoms with E-state index in [1.54, 1.807) is 6.07 Å². The monoisotopic (exact) mass is 321 g/mol. The second-order valence-corrected chi connectivity index (χ2v) is 5.93. The third-order valence-corrected chi connectivity index (χ3v) is 4.76. The van der Waals surface area contributed by atoms with E-state index >= 15 is 0 Å². The fourth-order valence-corrected chi connectivity index (χ4v) is 3.76. The summed E-state index contributed by atoms with van der Waals surface area (Å²) in [7, 11) is 0. The topological polar surface area (TPSA) is 70.8 Å². The minimum atomic E-state index is -1.06. The molecule has 1 aliphatic heterocycles. The maximum atomic E-state index is 13.0. The first-order valence-corrected chi connectivity index (χ1v) is 7.57. The first-order chi connectivity index (χ1) is 10.6. The molecule has 0 saturated carbocycles. The van der Waals surface area contributed by atoms with Crippen molar-refractivity contribution in [2.45, 2.75) is 11.4 Å². The number of carbonyl (C=O) groups is 2. The van der Waals surface area contributed by atoms with Gasteiger partial charge in [0.1, 0.15) is 17.2 Å². The molecule has 7 heteroatoms. The van der Waals surface area contributed by atoms with Gasteiger partial charge < -0.3 is 14.4 Å². The number of carboxylic acid groups (broad SMARTS) is 1. The summed E-state index contributed by atoms with van der Waals surface area (Å²) in [6, 6.07) is 5.84. The molecule has 1 aromatic heterocycles. The summed E-state index contributed by atoms with van der Waals surface area (Å²) in [5.74, 6) is -1.66. The molecule has 5 nitrogen and oxygen atoms in total. The number of carboxylic acids is 1. The van der Waals surface area contributed by atoms with Crippen LogP contribution >= 0.6 is 11.8 Å². The van der Waals surface area contributed by atoms with Gasteiger partial charge in [-0.15, -0.1) is 11.8 Å². The van der Waals surface area contributed by atoms with Gasteiger partial charge in [-0.3, -0.25) is 4.79 Å². The number of aliphatic carboxylic acids is 1. The molecule has 1 aliphatic rings. The Hall–Kier alpha value is -2.28. The van der Waals surface area contributed by atoms with Crippen molar-refractivity contribution in [1.29, 1.82) is 0 Å². The van der Waals surface area contributed by atoms with Crippen LogP contribution in [0.4, 0.5) is 4.39 Å². The zero-order chi connectivity index (χ0) is 15.7. The predicted molar refractivity (Wildman–Crippen MR) is 77.9 cm³/mol. The van der Waals surface area contributed by atoms with Gasteiger partial charge in [-0.25, -0.2) is 9.18 Å². The van der Waals surface area contributed by atoms with Gasteiger partial charge in [-0.1, -0.05) is 0 Å². The summed E-state index contributed by atoms with van der Waals surface area (Å²) < 4.78 is 18.0. The molecule has 2 aromatic rings. The number of benzene rings is 1. The first-order valence-electron chi connectivity index (χ1n) is 6.52. The number of amides is 1. The molecule has 2 heterocycles. The van der Waals surface area contributed by atoms with Crippen molar-refractivity contribution in [2.24, 2.45) is 0 Å². The second-order valence-electron chi connectivity index (χ2n) is 4.82. The summed E-state index contributed by atoms with van der Waals surface area (Å²) in [6.07, 6.45) is 2.97. The van der Waals surface area contributed by atoms with Gasteiger partial charge in [0.15, 0.2) is 0 Å². The van der Waals surface area contributed by atoms with E-state index in [0.717, 1.165) is 5.56 Å². The lowest BCUT2D eigenvalue weighted by Gasteiger charge is -2.26. The second kappa shape index (κ2) is 5.84. The lowest BCUT2D eigenvalue weighted by molar-refractivity contribution is -0.141. The van der Waals surface area contributed by atoms with Crippen LogP contribution in [0.3, 0.4) is 0 Å². The molecule has 0 unspecified atom stereocenters. The Morgan fingerprint density at radius 1 is 1.27 bits per heavy atom. The predicted octanol–water partition coefficient (Wildman–Crippen LogP) is 2.76. The van der Waals surface area contributed by atoms with E-state index in [9.17, 15) is 19.1 Å². The lowest BCUT2D eigenvalue weighted by Crippen LogP contribution is -2.42. The normalized spacial score (nSPS) is 21.0. The third-order valence-electron chi connectivity index (χ3n) is 3.44. The standard InChI is InChI=1S/C15H12FNO4S/c16-11-3-1-9(2-4-11)13(18)17-12(15(19)20)8-22-14(17)10-5-6-21-7-10/h1-7,12,14H,8H2,(H,19,20)/t12-,14-/m1/s1. The van der Waals surface area contributed by atoms with E-state index in [0.29, 0.717) is 0 Å². The van der Waals surface area contributed by atoms with Crippen LogP contribution in [0.15, 0.2) is 47.3 Å². The minimum absolute atomic E-state index is 0.253. The zero-order valence-corrected chi connectivity index (χ0v) is 12.1. The van der Waals surface area contributed by atoms with Gasteiger partial charge in [0.2, 0.25) is 0 Å². The molecular weight excluding hydrogens is 309 g/mol. The van der Waals surface area contributed by atoms with Crippen LogP contribution in [0.1, 0.15) is 21.3 Å². The molecule has 3 rings (SSSR count). The molecule has 1 amide bonds. The van der Waals surface area contributed by atoms with E-state index in [4.69, 9.17) is 4.42 Å². The lowest BCUT2D eigenvalue weighted by atomic mass is 10.1. The van der Waals surface area contributed by atoms with Crippen molar-refractivity contribution in [3.63, 3.8) is 0 Å². The van der Waals surface area contributed by atoms with Crippen molar-refractivity contribution < 1.29 is 23.5 Å². The van der Waals surface area contributed by atoms with Crippen LogP contribution in [0, 0.1) is 5.82 Å². The van der Waals surface area contributed by atoms with E-state index in [1.807, 2.05) is 0 Å². The summed E-state index contributed by atoms with van der Waals surface area (Å²) in [4.78, 5) is 25.4. The molecule has 0 aliphatic carbocycles. The molecule has 1 N–H and O–H groups in total. The van der Waals surface area contributed by atoms with Gasteiger partial charge in [0.05, 0.1) is 12.5 Å². The maximum Gasteiger partial charge on any atom is 0.327 e. The SMILES string of the molecule is O=C(O)[C@H]1CS[C@H](c2ccoc2)N1C(=O)c1ccc(F)cc1. The van der Waals surface area contributed by atoms with E-state index in [-0.39, 0.29) is 11.3 Å². The van der Waals surface area contributed by atoms with Crippen LogP contribution in [0.5, 0.6) is 0 Å². The molecule has 1 fully saturated rings. The number of hydrogen-bond donors (Lipinski definition) is 1. The van der Waals surface area contributed by atoms with Crippen molar-refractivity contribution in [2.75, 3.05) is 5.75 Å². The van der Waals surface area contributed by atoms with E-state index in [1.165, 1.54) is 53.5 Å². The van der Waals surface area contributed by atoms with Crippen LogP contribution in [0.25, 0.3) is 0 Å². The Bertz CT molecular complexity index is 686. The van der Waals surface area contributed by atoms with Crippen LogP contribution in [0.2, 0.25) is 0 Å². The number of hydrogen-bond acceptors (Lipinski definition) is 4. The molecule has 0 spiro atoms. The highest BCUT2D eigenvalue weighted by Gasteiger charge is 2.43. The summed E-state index contributed by atoms with van der Waals surface area (Å²) >= 11 is 1.36. The zero-order valence-electron chi connectivity index (χ0n) is 11.3. The Balaban J connectivity index is 1.96. The summed E-state index contributed by atoms with van der Waals surface area (Å²) in [6.45, 7) is 0. The van der Waals surface area contributed by atoms with Gasteiger partial charge in [-0.2, -0.15) is 0 Å². The largest absolute Gasteiger partial charge is 0.480 e. The van der Waals surface area contributed by atoms with Crippen LogP contribution < -0.4 is 0 Å². The molecule has 1 aromatic carbocycles. The number of nitrogens with zero attached hydrogens (tertiary/aromatic N) is 1. The highest BCUT2D eigenvalue weighted by Crippen LogP contribution is 2.42. The first kappa shape index (κ1) is 14.6. The van der Waals surface area contributed by atoms with E-state index in [2.05, 4.69) is 0 Å². The van der Waals surface area contributed by atoms with Crippen LogP contribution in [-0.2, 0) is 4.79 Å². The third kappa shape index (κ3) is 2.59. The number of thioether (sulfide) groups is 1. The van der Waals surface area contributed by atoms with Crippen molar-refractivity contribution >= 4 is 23.6 Å². The highest BCUT2D eigenvalue weighted by atomic mass is 32.2. The Morgan fingerprint density at radius 2 is 2.00 bits per heavy atom. The Morgan fingerprint density at radius 3 is 2.59 bits per heavy atom. The molecule has 22 heavy (non-hydrogen) atoms.